The number of nitrogens with one attached hydrogen (secondary N) is 2. The van der Waals surface area contributed by atoms with Crippen molar-refractivity contribution in [3.63, 3.8) is 0 Å². The number of nitrogens with zero attached hydrogens (tertiary/aromatic N) is 4. The van der Waals surface area contributed by atoms with E-state index < -0.39 is 40.5 Å². The number of alkyl halides is 3. The van der Waals surface area contributed by atoms with Gasteiger partial charge in [-0.3, -0.25) is 19.4 Å². The molecule has 2 N–H and O–H groups in total. The van der Waals surface area contributed by atoms with Crippen LogP contribution in [0, 0.1) is 12.3 Å². The lowest BCUT2D eigenvalue weighted by molar-refractivity contribution is -0.137. The molecule has 0 radical (unpaired) electrons. The van der Waals surface area contributed by atoms with Crippen LogP contribution < -0.4 is 14.9 Å². The highest BCUT2D eigenvalue weighted by molar-refractivity contribution is 7.92. The Morgan fingerprint density at radius 2 is 2.00 bits per heavy atom. The van der Waals surface area contributed by atoms with Crippen LogP contribution in [0.5, 0.6) is 0 Å². The molecule has 14 heteroatoms. The number of amides is 1. The highest BCUT2D eigenvalue weighted by atomic mass is 35.5. The number of carbonyl (C=O) groups is 1. The van der Waals surface area contributed by atoms with E-state index in [4.69, 9.17) is 11.6 Å². The minimum absolute atomic E-state index is 0.00581. The van der Waals surface area contributed by atoms with Crippen molar-refractivity contribution in [2.75, 3.05) is 37.9 Å². The standard InChI is InChI=1S/C25H36ClF3N6O3S/c1-16-8-9-19(21(10-16)35(6)39(7,37)38)12-31-22-24(4,25(28,29)14-27)15-32-23(34(22)5)33-17(2)11-20(26)13-30-18(3)36/h8-11,15,22-23,31H,12-14H2,1-7H3,(H,30,36)/b20-11+,33-17?. The molecule has 0 fully saturated rings. The molecule has 0 bridgehead atoms. The van der Waals surface area contributed by atoms with Crippen molar-refractivity contribution in [3.8, 4) is 0 Å². The summed E-state index contributed by atoms with van der Waals surface area (Å²) in [6.45, 7) is 4.21. The Balaban J connectivity index is 2.44. The zero-order valence-corrected chi connectivity index (χ0v) is 24.7. The van der Waals surface area contributed by atoms with E-state index in [0.29, 0.717) is 22.0 Å². The predicted octanol–water partition coefficient (Wildman–Crippen LogP) is 3.44. The maximum absolute atomic E-state index is 15.0. The average molecular weight is 593 g/mol. The van der Waals surface area contributed by atoms with Gasteiger partial charge in [-0.1, -0.05) is 23.7 Å². The number of benzene rings is 1. The smallest absolute Gasteiger partial charge is 0.288 e. The quantitative estimate of drug-likeness (QED) is 0.383. The zero-order valence-electron chi connectivity index (χ0n) is 23.1. The fraction of sp³-hybridized carbons (Fsp3) is 0.560. The second-order valence-corrected chi connectivity index (χ2v) is 12.3. The minimum Gasteiger partial charge on any atom is -0.351 e. The van der Waals surface area contributed by atoms with Gasteiger partial charge in [0.25, 0.3) is 5.92 Å². The van der Waals surface area contributed by atoms with Gasteiger partial charge in [-0.05, 0) is 51.1 Å². The number of allylic oxidation sites excluding steroid dienone is 1. The number of hydrogen-bond donors (Lipinski definition) is 2. The first kappa shape index (κ1) is 32.7. The molecule has 39 heavy (non-hydrogen) atoms. The summed E-state index contributed by atoms with van der Waals surface area (Å²) >= 11 is 6.14. The van der Waals surface area contributed by atoms with E-state index in [2.05, 4.69) is 20.6 Å². The summed E-state index contributed by atoms with van der Waals surface area (Å²) in [6.07, 6.45) is 1.51. The Hall–Kier alpha value is -2.48. The van der Waals surface area contributed by atoms with Crippen LogP contribution in [0.4, 0.5) is 18.9 Å². The summed E-state index contributed by atoms with van der Waals surface area (Å²) in [6, 6.07) is 5.18. The van der Waals surface area contributed by atoms with Crippen molar-refractivity contribution in [1.29, 1.82) is 0 Å². The van der Waals surface area contributed by atoms with Crippen LogP contribution >= 0.6 is 11.6 Å². The summed E-state index contributed by atoms with van der Waals surface area (Å²) in [4.78, 5) is 21.2. The summed E-state index contributed by atoms with van der Waals surface area (Å²) in [5.74, 6) is -4.03. The lowest BCUT2D eigenvalue weighted by Crippen LogP contribution is -2.65. The van der Waals surface area contributed by atoms with Gasteiger partial charge in [0, 0.05) is 37.5 Å². The Bertz CT molecular complexity index is 1260. The van der Waals surface area contributed by atoms with Gasteiger partial charge in [0.2, 0.25) is 15.9 Å². The third-order valence-corrected chi connectivity index (χ3v) is 7.96. The monoisotopic (exact) mass is 592 g/mol. The van der Waals surface area contributed by atoms with E-state index in [-0.39, 0.29) is 19.0 Å². The molecule has 9 nitrogen and oxygen atoms in total. The van der Waals surface area contributed by atoms with Crippen molar-refractivity contribution in [1.82, 2.24) is 15.5 Å². The summed E-state index contributed by atoms with van der Waals surface area (Å²) < 4.78 is 69.1. The zero-order chi connectivity index (χ0) is 29.8. The number of aryl methyl sites for hydroxylation is 1. The van der Waals surface area contributed by atoms with E-state index in [1.165, 1.54) is 38.9 Å². The molecule has 0 saturated heterocycles. The van der Waals surface area contributed by atoms with Crippen molar-refractivity contribution < 1.29 is 26.4 Å². The summed E-state index contributed by atoms with van der Waals surface area (Å²) in [7, 11) is -0.653. The number of rotatable bonds is 11. The van der Waals surface area contributed by atoms with Crippen LogP contribution in [-0.4, -0.2) is 83.1 Å². The molecule has 0 saturated carbocycles. The number of anilines is 1. The molecule has 1 aromatic rings. The molecule has 1 aliphatic heterocycles. The second-order valence-electron chi connectivity index (χ2n) is 9.83. The maximum Gasteiger partial charge on any atom is 0.288 e. The van der Waals surface area contributed by atoms with Crippen LogP contribution in [0.15, 0.2) is 39.3 Å². The largest absolute Gasteiger partial charge is 0.351 e. The van der Waals surface area contributed by atoms with E-state index in [9.17, 15) is 26.4 Å². The van der Waals surface area contributed by atoms with Crippen molar-refractivity contribution in [3.05, 3.63) is 40.4 Å². The Kier molecular flexibility index (Phi) is 10.7. The maximum atomic E-state index is 15.0. The first-order valence-corrected chi connectivity index (χ1v) is 14.3. The van der Waals surface area contributed by atoms with Crippen LogP contribution in [0.1, 0.15) is 31.9 Å². The number of sulfonamides is 1. The highest BCUT2D eigenvalue weighted by Crippen LogP contribution is 2.42. The third-order valence-electron chi connectivity index (χ3n) is 6.53. The van der Waals surface area contributed by atoms with Crippen LogP contribution in [0.2, 0.25) is 0 Å². The van der Waals surface area contributed by atoms with E-state index in [1.54, 1.807) is 25.1 Å². The Morgan fingerprint density at radius 3 is 2.56 bits per heavy atom. The Morgan fingerprint density at radius 1 is 1.36 bits per heavy atom. The van der Waals surface area contributed by atoms with Crippen molar-refractivity contribution in [2.45, 2.75) is 52.6 Å². The first-order valence-electron chi connectivity index (χ1n) is 12.0. The van der Waals surface area contributed by atoms with E-state index >= 15 is 0 Å². The number of hydrogen-bond acceptors (Lipinski definition) is 7. The molecule has 2 rings (SSSR count). The lowest BCUT2D eigenvalue weighted by Gasteiger charge is -2.48. The van der Waals surface area contributed by atoms with E-state index in [0.717, 1.165) is 22.3 Å². The van der Waals surface area contributed by atoms with Gasteiger partial charge in [-0.15, -0.1) is 0 Å². The van der Waals surface area contributed by atoms with Crippen molar-refractivity contribution >= 4 is 45.1 Å². The van der Waals surface area contributed by atoms with Crippen LogP contribution in [0.25, 0.3) is 0 Å². The van der Waals surface area contributed by atoms with Gasteiger partial charge in [0.1, 0.15) is 0 Å². The number of aliphatic imine (C=N–C) groups is 2. The molecule has 1 amide bonds. The molecule has 1 aliphatic rings. The molecule has 3 atom stereocenters. The van der Waals surface area contributed by atoms with Gasteiger partial charge in [-0.2, -0.15) is 0 Å². The SMILES string of the molecule is CC(=O)NC/C(Cl)=C\C(C)=NC1N=CC(C)(C(F)(F)CF)C(NCc2ccc(C)cc2N(C)S(C)(=O)=O)N1C. The summed E-state index contributed by atoms with van der Waals surface area (Å²) in [5.41, 5.74) is 0.104. The molecule has 1 aromatic carbocycles. The fourth-order valence-corrected chi connectivity index (χ4v) is 4.83. The normalized spacial score (nSPS) is 23.2. The predicted molar refractivity (Wildman–Crippen MR) is 150 cm³/mol. The molecular weight excluding hydrogens is 557 g/mol. The fourth-order valence-electron chi connectivity index (χ4n) is 4.08. The second kappa shape index (κ2) is 12.8. The van der Waals surface area contributed by atoms with Gasteiger partial charge < -0.3 is 5.32 Å². The number of halogens is 4. The molecule has 218 valence electrons. The molecule has 3 unspecified atom stereocenters. The topological polar surface area (TPSA) is 106 Å². The average Bonchev–Trinajstić information content (AvgIpc) is 2.83. The highest BCUT2D eigenvalue weighted by Gasteiger charge is 2.57. The van der Waals surface area contributed by atoms with Gasteiger partial charge in [0.15, 0.2) is 13.0 Å². The van der Waals surface area contributed by atoms with Crippen LogP contribution in [0.3, 0.4) is 0 Å². The first-order chi connectivity index (χ1) is 17.9. The molecule has 0 spiro atoms. The van der Waals surface area contributed by atoms with Crippen LogP contribution in [-0.2, 0) is 21.4 Å². The van der Waals surface area contributed by atoms with Crippen molar-refractivity contribution in [2.24, 2.45) is 15.4 Å². The third kappa shape index (κ3) is 8.03. The minimum atomic E-state index is -3.77. The summed E-state index contributed by atoms with van der Waals surface area (Å²) in [5, 5.41) is 5.93. The molecule has 0 aromatic heterocycles. The Labute approximate surface area is 233 Å². The molecular formula is C25H36ClF3N6O3S. The number of carbonyl (C=O) groups excluding carboxylic acids is 1. The van der Waals surface area contributed by atoms with E-state index in [1.807, 2.05) is 6.92 Å². The van der Waals surface area contributed by atoms with Gasteiger partial charge in [-0.25, -0.2) is 31.5 Å². The van der Waals surface area contributed by atoms with Gasteiger partial charge >= 0.3 is 0 Å². The molecule has 0 aliphatic carbocycles. The lowest BCUT2D eigenvalue weighted by atomic mass is 9.79. The van der Waals surface area contributed by atoms with Gasteiger partial charge in [0.05, 0.1) is 30.1 Å². The molecule has 1 heterocycles.